The van der Waals surface area contributed by atoms with Crippen molar-refractivity contribution < 1.29 is 14.4 Å². The summed E-state index contributed by atoms with van der Waals surface area (Å²) in [6.45, 7) is 4.00. The lowest BCUT2D eigenvalue weighted by Gasteiger charge is -2.21. The number of carbonyl (C=O) groups is 3. The number of nitrogens with zero attached hydrogens (tertiary/aromatic N) is 2. The number of likely N-dealkylation sites (tertiary alicyclic amines) is 1. The van der Waals surface area contributed by atoms with Gasteiger partial charge in [0.05, 0.1) is 12.0 Å². The largest absolute Gasteiger partial charge is 0.378 e. The number of Topliss-reactive ketones (excluding diaryl/α,β-unsaturated/α-hetero) is 1. The van der Waals surface area contributed by atoms with E-state index in [4.69, 9.17) is 0 Å². The van der Waals surface area contributed by atoms with Crippen molar-refractivity contribution in [3.8, 4) is 0 Å². The Morgan fingerprint density at radius 3 is 2.42 bits per heavy atom. The molecule has 0 aliphatic carbocycles. The van der Waals surface area contributed by atoms with Gasteiger partial charge < -0.3 is 4.90 Å². The van der Waals surface area contributed by atoms with Crippen molar-refractivity contribution in [3.05, 3.63) is 47.6 Å². The molecule has 0 spiro atoms. The SMILES string of the molecule is CC.CN1C(=O)CC(=O)/C(=C\C=C\c2cccc(N(C)C)c2)C1=O. The van der Waals surface area contributed by atoms with E-state index in [9.17, 15) is 14.4 Å². The molecule has 128 valence electrons. The first kappa shape index (κ1) is 19.4. The number of anilines is 1. The van der Waals surface area contributed by atoms with Gasteiger partial charge in [-0.3, -0.25) is 19.3 Å². The Labute approximate surface area is 143 Å². The number of hydrogen-bond acceptors (Lipinski definition) is 4. The number of ketones is 1. The quantitative estimate of drug-likeness (QED) is 0.370. The number of piperidine rings is 1. The average Bonchev–Trinajstić information content (AvgIpc) is 2.58. The van der Waals surface area contributed by atoms with E-state index in [0.29, 0.717) is 0 Å². The molecule has 24 heavy (non-hydrogen) atoms. The molecule has 1 fully saturated rings. The summed E-state index contributed by atoms with van der Waals surface area (Å²) in [6.07, 6.45) is 4.69. The van der Waals surface area contributed by atoms with Crippen LogP contribution in [0.3, 0.4) is 0 Å². The molecule has 0 radical (unpaired) electrons. The zero-order valence-electron chi connectivity index (χ0n) is 14.9. The molecule has 2 amide bonds. The Hall–Kier alpha value is -2.69. The summed E-state index contributed by atoms with van der Waals surface area (Å²) in [4.78, 5) is 38.0. The topological polar surface area (TPSA) is 57.7 Å². The highest BCUT2D eigenvalue weighted by atomic mass is 16.2. The van der Waals surface area contributed by atoms with Gasteiger partial charge in [0.2, 0.25) is 5.91 Å². The zero-order chi connectivity index (χ0) is 18.3. The normalized spacial score (nSPS) is 16.5. The lowest BCUT2D eigenvalue weighted by molar-refractivity contribution is -0.145. The molecule has 1 aromatic rings. The second kappa shape index (κ2) is 8.82. The molecule has 1 heterocycles. The number of rotatable bonds is 3. The van der Waals surface area contributed by atoms with Crippen molar-refractivity contribution in [2.45, 2.75) is 20.3 Å². The maximum atomic E-state index is 11.9. The predicted molar refractivity (Wildman–Crippen MR) is 96.6 cm³/mol. The minimum absolute atomic E-state index is 0.0436. The second-order valence-electron chi connectivity index (χ2n) is 5.29. The molecule has 1 aromatic carbocycles. The highest BCUT2D eigenvalue weighted by molar-refractivity contribution is 6.30. The van der Waals surface area contributed by atoms with E-state index in [2.05, 4.69) is 0 Å². The molecular weight excluding hydrogens is 304 g/mol. The molecule has 0 unspecified atom stereocenters. The van der Waals surface area contributed by atoms with E-state index in [1.165, 1.54) is 13.1 Å². The van der Waals surface area contributed by atoms with Crippen LogP contribution in [0.1, 0.15) is 25.8 Å². The van der Waals surface area contributed by atoms with Crippen molar-refractivity contribution in [1.29, 1.82) is 0 Å². The summed E-state index contributed by atoms with van der Waals surface area (Å²) >= 11 is 0. The molecule has 0 aromatic heterocycles. The number of hydrogen-bond donors (Lipinski definition) is 0. The molecular formula is C19H24N2O3. The molecule has 1 aliphatic heterocycles. The summed E-state index contributed by atoms with van der Waals surface area (Å²) in [6, 6.07) is 7.85. The molecule has 1 saturated heterocycles. The van der Waals surface area contributed by atoms with Crippen molar-refractivity contribution >= 4 is 29.4 Å². The summed E-state index contributed by atoms with van der Waals surface area (Å²) in [7, 11) is 5.29. The van der Waals surface area contributed by atoms with E-state index < -0.39 is 17.6 Å². The number of allylic oxidation sites excluding steroid dienone is 2. The number of carbonyl (C=O) groups excluding carboxylic acids is 3. The summed E-state index contributed by atoms with van der Waals surface area (Å²) < 4.78 is 0. The van der Waals surface area contributed by atoms with E-state index in [0.717, 1.165) is 16.2 Å². The molecule has 0 bridgehead atoms. The number of benzene rings is 1. The molecule has 5 heteroatoms. The first-order chi connectivity index (χ1) is 11.4. The third-order valence-electron chi connectivity index (χ3n) is 3.46. The average molecular weight is 328 g/mol. The molecule has 1 aliphatic rings. The minimum atomic E-state index is -0.548. The third-order valence-corrected chi connectivity index (χ3v) is 3.46. The van der Waals surface area contributed by atoms with E-state index in [-0.39, 0.29) is 12.0 Å². The van der Waals surface area contributed by atoms with Gasteiger partial charge in [0.15, 0.2) is 5.78 Å². The van der Waals surface area contributed by atoms with Crippen molar-refractivity contribution in [1.82, 2.24) is 4.90 Å². The molecule has 0 atom stereocenters. The number of amides is 2. The van der Waals surface area contributed by atoms with E-state index in [1.54, 1.807) is 6.08 Å². The van der Waals surface area contributed by atoms with Gasteiger partial charge in [-0.15, -0.1) is 0 Å². The monoisotopic (exact) mass is 328 g/mol. The van der Waals surface area contributed by atoms with Gasteiger partial charge in [-0.05, 0) is 23.8 Å². The standard InChI is InChI=1S/C17H18N2O3.C2H6/c1-18(2)13-8-4-6-12(10-13)7-5-9-14-15(20)11-16(21)19(3)17(14)22;1-2/h4-10H,11H2,1-3H3;1-2H3/b7-5+,14-9+;. The molecule has 2 rings (SSSR count). The van der Waals surface area contributed by atoms with Crippen LogP contribution in [0.25, 0.3) is 6.08 Å². The van der Waals surface area contributed by atoms with Crippen LogP contribution in [0.2, 0.25) is 0 Å². The van der Waals surface area contributed by atoms with Crippen molar-refractivity contribution in [2.24, 2.45) is 0 Å². The molecule has 0 saturated carbocycles. The van der Waals surface area contributed by atoms with Gasteiger partial charge in [-0.25, -0.2) is 0 Å². The van der Waals surface area contributed by atoms with Gasteiger partial charge in [0, 0.05) is 26.8 Å². The minimum Gasteiger partial charge on any atom is -0.378 e. The van der Waals surface area contributed by atoms with Crippen LogP contribution in [0.15, 0.2) is 42.0 Å². The van der Waals surface area contributed by atoms with Crippen LogP contribution in [-0.2, 0) is 14.4 Å². The lowest BCUT2D eigenvalue weighted by atomic mass is 10.0. The summed E-state index contributed by atoms with van der Waals surface area (Å²) in [5, 5.41) is 0. The maximum absolute atomic E-state index is 11.9. The fourth-order valence-electron chi connectivity index (χ4n) is 2.09. The third kappa shape index (κ3) is 4.65. The van der Waals surface area contributed by atoms with Crippen LogP contribution in [-0.4, -0.2) is 43.6 Å². The Bertz CT molecular complexity index is 688. The molecule has 5 nitrogen and oxygen atoms in total. The first-order valence-electron chi connectivity index (χ1n) is 7.90. The highest BCUT2D eigenvalue weighted by Gasteiger charge is 2.32. The van der Waals surface area contributed by atoms with Gasteiger partial charge in [-0.1, -0.05) is 38.1 Å². The van der Waals surface area contributed by atoms with E-state index >= 15 is 0 Å². The molecule has 0 N–H and O–H groups in total. The van der Waals surface area contributed by atoms with Crippen LogP contribution in [0.4, 0.5) is 5.69 Å². The number of likely N-dealkylation sites (N-methyl/N-ethyl adjacent to an activating group) is 1. The second-order valence-corrected chi connectivity index (χ2v) is 5.29. The van der Waals surface area contributed by atoms with Crippen LogP contribution in [0, 0.1) is 0 Å². The summed E-state index contributed by atoms with van der Waals surface area (Å²) in [5.74, 6) is -1.44. The smallest absolute Gasteiger partial charge is 0.263 e. The Morgan fingerprint density at radius 1 is 1.12 bits per heavy atom. The predicted octanol–water partition coefficient (Wildman–Crippen LogP) is 2.68. The van der Waals surface area contributed by atoms with Gasteiger partial charge in [0.1, 0.15) is 0 Å². The maximum Gasteiger partial charge on any atom is 0.263 e. The Kier molecular flexibility index (Phi) is 7.11. The van der Waals surface area contributed by atoms with Crippen LogP contribution < -0.4 is 4.90 Å². The summed E-state index contributed by atoms with van der Waals surface area (Å²) in [5.41, 5.74) is 2.07. The van der Waals surface area contributed by atoms with Crippen LogP contribution in [0.5, 0.6) is 0 Å². The highest BCUT2D eigenvalue weighted by Crippen LogP contribution is 2.16. The van der Waals surface area contributed by atoms with Crippen molar-refractivity contribution in [2.75, 3.05) is 26.0 Å². The van der Waals surface area contributed by atoms with Crippen LogP contribution >= 0.6 is 0 Å². The fourth-order valence-corrected chi connectivity index (χ4v) is 2.09. The van der Waals surface area contributed by atoms with Gasteiger partial charge in [0.25, 0.3) is 5.91 Å². The van der Waals surface area contributed by atoms with Gasteiger partial charge in [-0.2, -0.15) is 0 Å². The van der Waals surface area contributed by atoms with E-state index in [1.807, 2.05) is 63.2 Å². The van der Waals surface area contributed by atoms with Gasteiger partial charge >= 0.3 is 0 Å². The van der Waals surface area contributed by atoms with Crippen molar-refractivity contribution in [3.63, 3.8) is 0 Å². The fraction of sp³-hybridized carbons (Fsp3) is 0.316. The Morgan fingerprint density at radius 2 is 1.79 bits per heavy atom. The lowest BCUT2D eigenvalue weighted by Crippen LogP contribution is -2.42. The first-order valence-corrected chi connectivity index (χ1v) is 7.90. The zero-order valence-corrected chi connectivity index (χ0v) is 14.9. The number of imide groups is 1. The Balaban J connectivity index is 0.00000139.